The molecule has 1 aliphatic heterocycles. The number of aryl methyl sites for hydroxylation is 2. The van der Waals surface area contributed by atoms with E-state index in [1.54, 1.807) is 60.8 Å². The van der Waals surface area contributed by atoms with Gasteiger partial charge in [0, 0.05) is 18.3 Å². The predicted molar refractivity (Wildman–Crippen MR) is 156 cm³/mol. The third-order valence-corrected chi connectivity index (χ3v) is 6.55. The molecule has 2 heterocycles. The summed E-state index contributed by atoms with van der Waals surface area (Å²) in [5, 5.41) is 5.62. The van der Waals surface area contributed by atoms with Gasteiger partial charge < -0.3 is 24.8 Å². The van der Waals surface area contributed by atoms with Gasteiger partial charge in [-0.1, -0.05) is 0 Å². The first-order valence-electron chi connectivity index (χ1n) is 13.6. The Labute approximate surface area is 242 Å². The molecule has 1 fully saturated rings. The van der Waals surface area contributed by atoms with Crippen LogP contribution in [0.4, 0.5) is 9.59 Å². The van der Waals surface area contributed by atoms with E-state index < -0.39 is 41.6 Å². The molecule has 0 unspecified atom stereocenters. The summed E-state index contributed by atoms with van der Waals surface area (Å²) in [7, 11) is 1.61. The molecule has 41 heavy (non-hydrogen) atoms. The Bertz CT molecular complexity index is 1280. The van der Waals surface area contributed by atoms with Crippen LogP contribution < -0.4 is 21.0 Å². The quantitative estimate of drug-likeness (QED) is 0.349. The largest absolute Gasteiger partial charge is 0.497 e. The van der Waals surface area contributed by atoms with Crippen LogP contribution in [0.1, 0.15) is 63.8 Å². The maximum absolute atomic E-state index is 13.1. The van der Waals surface area contributed by atoms with Crippen molar-refractivity contribution < 1.29 is 33.4 Å². The van der Waals surface area contributed by atoms with Crippen molar-refractivity contribution in [3.8, 4) is 5.75 Å². The summed E-state index contributed by atoms with van der Waals surface area (Å²) in [5.74, 6) is -1.98. The monoisotopic (exact) mass is 565 g/mol. The van der Waals surface area contributed by atoms with Crippen LogP contribution in [0.15, 0.2) is 30.5 Å². The van der Waals surface area contributed by atoms with E-state index in [2.05, 4.69) is 15.6 Å². The van der Waals surface area contributed by atoms with E-state index in [1.807, 2.05) is 26.0 Å². The molecule has 0 radical (unpaired) electrons. The molecule has 2 aromatic rings. The van der Waals surface area contributed by atoms with E-state index in [9.17, 15) is 19.2 Å². The number of amides is 2. The normalized spacial score (nSPS) is 16.7. The van der Waals surface area contributed by atoms with Gasteiger partial charge in [-0.05, 0) is 108 Å². The van der Waals surface area contributed by atoms with E-state index >= 15 is 0 Å². The molecule has 2 atom stereocenters. The van der Waals surface area contributed by atoms with Crippen molar-refractivity contribution in [2.75, 3.05) is 7.11 Å². The van der Waals surface area contributed by atoms with Crippen LogP contribution in [-0.4, -0.2) is 59.6 Å². The highest BCUT2D eigenvalue weighted by molar-refractivity contribution is 7.16. The van der Waals surface area contributed by atoms with Crippen molar-refractivity contribution in [3.63, 3.8) is 0 Å². The number of nitrogens with zero attached hydrogens (tertiary/aromatic N) is 1. The van der Waals surface area contributed by atoms with Gasteiger partial charge in [-0.15, -0.1) is 0 Å². The fourth-order valence-electron chi connectivity index (χ4n) is 4.60. The Morgan fingerprint density at radius 2 is 1.54 bits per heavy atom. The van der Waals surface area contributed by atoms with E-state index in [0.29, 0.717) is 12.1 Å². The van der Waals surface area contributed by atoms with Crippen molar-refractivity contribution in [2.45, 2.75) is 85.6 Å². The van der Waals surface area contributed by atoms with Crippen molar-refractivity contribution in [1.82, 2.24) is 15.6 Å². The Kier molecular flexibility index (Phi) is 9.51. The second-order valence-corrected chi connectivity index (χ2v) is 12.3. The Hall–Kier alpha value is -3.89. The lowest BCUT2D eigenvalue weighted by Crippen LogP contribution is -2.65. The summed E-state index contributed by atoms with van der Waals surface area (Å²) < 4.78 is 16.3. The van der Waals surface area contributed by atoms with Crippen molar-refractivity contribution in [3.05, 3.63) is 52.7 Å². The first kappa shape index (κ1) is 31.6. The molecule has 220 valence electrons. The number of β-lactam (4-membered cyclic amide) rings is 1. The van der Waals surface area contributed by atoms with Gasteiger partial charge in [0.2, 0.25) is 11.8 Å². The molecule has 0 aliphatic carbocycles. The van der Waals surface area contributed by atoms with Crippen molar-refractivity contribution in [1.29, 1.82) is 0 Å². The summed E-state index contributed by atoms with van der Waals surface area (Å²) in [6.07, 6.45) is 1.68. The molecule has 0 bridgehead atoms. The summed E-state index contributed by atoms with van der Waals surface area (Å²) in [6, 6.07) is 6.38. The van der Waals surface area contributed by atoms with E-state index in [1.165, 1.54) is 6.20 Å². The summed E-state index contributed by atoms with van der Waals surface area (Å²) in [5.41, 5.74) is 2.10. The van der Waals surface area contributed by atoms with Gasteiger partial charge in [0.25, 0.3) is 11.7 Å². The molecule has 10 nitrogen and oxygen atoms in total. The average Bonchev–Trinajstić information content (AvgIpc) is 2.83. The zero-order chi connectivity index (χ0) is 30.7. The lowest BCUT2D eigenvalue weighted by molar-refractivity contribution is -0.143. The van der Waals surface area contributed by atoms with Crippen molar-refractivity contribution >= 4 is 35.9 Å². The Balaban J connectivity index is 1.76. The molecular weight excluding hydrogens is 525 g/mol. The van der Waals surface area contributed by atoms with Gasteiger partial charge in [-0.2, -0.15) is 0 Å². The molecule has 1 aromatic heterocycles. The lowest BCUT2D eigenvalue weighted by atomic mass is 9.46. The Morgan fingerprint density at radius 1 is 0.976 bits per heavy atom. The summed E-state index contributed by atoms with van der Waals surface area (Å²) >= 11 is 0. The minimum absolute atomic E-state index is 0.150. The van der Waals surface area contributed by atoms with Crippen LogP contribution in [0, 0.1) is 19.8 Å². The number of ether oxygens (including phenoxy) is 3. The van der Waals surface area contributed by atoms with Gasteiger partial charge in [-0.3, -0.25) is 24.2 Å². The highest BCUT2D eigenvalue weighted by atomic mass is 16.6. The molecule has 2 amide bonds. The highest BCUT2D eigenvalue weighted by Crippen LogP contribution is 2.24. The number of carbonyl (C=O) groups is 4. The number of aromatic nitrogens is 1. The molecule has 1 aliphatic rings. The van der Waals surface area contributed by atoms with E-state index in [0.717, 1.165) is 22.4 Å². The molecule has 0 saturated carbocycles. The van der Waals surface area contributed by atoms with Gasteiger partial charge >= 0.3 is 6.71 Å². The first-order valence-corrected chi connectivity index (χ1v) is 13.6. The topological polar surface area (TPSA) is 133 Å². The number of hydrogen-bond donors (Lipinski definition) is 2. The molecule has 1 aromatic carbocycles. The maximum atomic E-state index is 13.1. The fourth-order valence-corrected chi connectivity index (χ4v) is 4.60. The molecule has 1 saturated heterocycles. The van der Waals surface area contributed by atoms with Gasteiger partial charge in [0.15, 0.2) is 0 Å². The first-order chi connectivity index (χ1) is 19.0. The number of carbonyl (C=O) groups excluding carboxylic acids is 4. The number of rotatable bonds is 9. The second-order valence-electron chi connectivity index (χ2n) is 12.3. The predicted octanol–water partition coefficient (Wildman–Crippen LogP) is 3.42. The van der Waals surface area contributed by atoms with Crippen LogP contribution in [0.3, 0.4) is 0 Å². The number of hydrogen-bond acceptors (Lipinski definition) is 8. The van der Waals surface area contributed by atoms with Crippen LogP contribution in [0.25, 0.3) is 0 Å². The maximum Gasteiger partial charge on any atom is 0.460 e. The minimum atomic E-state index is -1.40. The van der Waals surface area contributed by atoms with Crippen LogP contribution in [-0.2, 0) is 32.0 Å². The summed E-state index contributed by atoms with van der Waals surface area (Å²) in [4.78, 5) is 55.9. The molecule has 11 heteroatoms. The molecular formula is C30H40BN3O7. The number of benzene rings is 1. The molecule has 3 rings (SSSR count). The minimum Gasteiger partial charge on any atom is -0.497 e. The van der Waals surface area contributed by atoms with E-state index in [4.69, 9.17) is 14.2 Å². The zero-order valence-corrected chi connectivity index (χ0v) is 25.3. The van der Waals surface area contributed by atoms with Crippen molar-refractivity contribution in [2.24, 2.45) is 5.92 Å². The van der Waals surface area contributed by atoms with E-state index in [-0.39, 0.29) is 23.8 Å². The number of pyridine rings is 1. The van der Waals surface area contributed by atoms with Crippen LogP contribution in [0.5, 0.6) is 5.75 Å². The third kappa shape index (κ3) is 8.31. The van der Waals surface area contributed by atoms with Gasteiger partial charge in [0.05, 0.1) is 13.0 Å². The molecule has 2 N–H and O–H groups in total. The summed E-state index contributed by atoms with van der Waals surface area (Å²) in [6.45, 7) is 13.1. The van der Waals surface area contributed by atoms with Gasteiger partial charge in [0.1, 0.15) is 23.0 Å². The van der Waals surface area contributed by atoms with Crippen LogP contribution in [0.2, 0.25) is 0 Å². The smallest absolute Gasteiger partial charge is 0.460 e. The SMILES string of the molecule is COc1cc(C)c(CNC(=O)[C@H]2NC(=O)[C@@H]2Cc2ccnc(B(C(=O)OC(C)(C)C)C(=O)OC(C)(C)C)c2)c(C)c1. The third-order valence-electron chi connectivity index (χ3n) is 6.55. The standard InChI is InChI=1S/C30H40BN3O7/c1-17-12-20(39-9)13-18(2)22(17)16-33-26(36)24-21(25(35)34-24)14-19-10-11-32-23(15-19)31(27(37)40-29(3,4)5)28(38)41-30(6,7)8/h10-13,15,21,24H,14,16H2,1-9H3,(H,33,36)(H,34,35)/t21-,24+/m1/s1. The highest BCUT2D eigenvalue weighted by Gasteiger charge is 2.45. The lowest BCUT2D eigenvalue weighted by Gasteiger charge is -2.35. The zero-order valence-electron chi connectivity index (χ0n) is 25.3. The fraction of sp³-hybridized carbons (Fsp3) is 0.500. The average molecular weight is 565 g/mol. The number of nitrogens with one attached hydrogen (secondary N) is 2. The second kappa shape index (κ2) is 12.3. The van der Waals surface area contributed by atoms with Gasteiger partial charge in [-0.25, -0.2) is 0 Å². The number of methoxy groups -OCH3 is 1. The molecule has 0 spiro atoms. The Morgan fingerprint density at radius 3 is 2.02 bits per heavy atom. The van der Waals surface area contributed by atoms with Crippen LogP contribution >= 0.6 is 0 Å².